The van der Waals surface area contributed by atoms with Crippen molar-refractivity contribution in [3.63, 3.8) is 0 Å². The standard InChI is InChI=1S/C13H18NO8P/c14-9-11(22-23(16,17)18)10-8(20-12(9)15)6-19-13(21-10)7-4-2-1-3-5-7/h1-5,8-13,15H,6,14H2,(H2,16,17,18)/t8-,9-,10-,11-,12+,13?/m1/s1. The summed E-state index contributed by atoms with van der Waals surface area (Å²) in [6.45, 7) is 0.0645. The molecule has 0 bridgehead atoms. The number of nitrogens with two attached hydrogens (primary N) is 1. The van der Waals surface area contributed by atoms with E-state index in [1.807, 2.05) is 18.2 Å². The first-order valence-corrected chi connectivity index (χ1v) is 8.53. The number of rotatable bonds is 3. The Morgan fingerprint density at radius 1 is 1.22 bits per heavy atom. The molecule has 5 N–H and O–H groups in total. The van der Waals surface area contributed by atoms with Crippen LogP contribution in [0.5, 0.6) is 0 Å². The van der Waals surface area contributed by atoms with Crippen LogP contribution in [0.1, 0.15) is 11.9 Å². The number of benzene rings is 1. The molecule has 3 rings (SSSR count). The van der Waals surface area contributed by atoms with Gasteiger partial charge in [-0.25, -0.2) is 4.57 Å². The first kappa shape index (κ1) is 17.0. The quantitative estimate of drug-likeness (QED) is 0.539. The topological polar surface area (TPSA) is 141 Å². The number of hydrogen-bond donors (Lipinski definition) is 4. The van der Waals surface area contributed by atoms with Crippen molar-refractivity contribution >= 4 is 7.82 Å². The monoisotopic (exact) mass is 347 g/mol. The minimum Gasteiger partial charge on any atom is -0.367 e. The Hall–Kier alpha value is -0.870. The second kappa shape index (κ2) is 6.56. The third-order valence-corrected chi connectivity index (χ3v) is 4.25. The number of aliphatic hydroxyl groups is 1. The van der Waals surface area contributed by atoms with Crippen molar-refractivity contribution in [2.24, 2.45) is 5.73 Å². The first-order valence-electron chi connectivity index (χ1n) is 7.00. The summed E-state index contributed by atoms with van der Waals surface area (Å²) in [5.41, 5.74) is 6.49. The van der Waals surface area contributed by atoms with Crippen LogP contribution < -0.4 is 5.73 Å². The van der Waals surface area contributed by atoms with E-state index in [1.165, 1.54) is 0 Å². The molecule has 23 heavy (non-hydrogen) atoms. The molecule has 0 aromatic heterocycles. The lowest BCUT2D eigenvalue weighted by molar-refractivity contribution is -0.333. The van der Waals surface area contributed by atoms with E-state index in [4.69, 9.17) is 34.3 Å². The molecule has 0 radical (unpaired) electrons. The molecule has 2 saturated heterocycles. The summed E-state index contributed by atoms with van der Waals surface area (Å²) < 4.78 is 32.5. The highest BCUT2D eigenvalue weighted by Gasteiger charge is 2.50. The van der Waals surface area contributed by atoms with Gasteiger partial charge in [0.05, 0.1) is 12.6 Å². The van der Waals surface area contributed by atoms with Crippen molar-refractivity contribution in [3.05, 3.63) is 35.9 Å². The number of phosphoric acid groups is 1. The van der Waals surface area contributed by atoms with Gasteiger partial charge in [-0.15, -0.1) is 0 Å². The minimum absolute atomic E-state index is 0.0645. The van der Waals surface area contributed by atoms with Crippen molar-refractivity contribution in [3.8, 4) is 0 Å². The van der Waals surface area contributed by atoms with Gasteiger partial charge in [-0.3, -0.25) is 4.52 Å². The fourth-order valence-electron chi connectivity index (χ4n) is 2.68. The Labute approximate surface area is 132 Å². The molecule has 6 atom stereocenters. The van der Waals surface area contributed by atoms with Gasteiger partial charge in [0.15, 0.2) is 12.6 Å². The van der Waals surface area contributed by atoms with Crippen LogP contribution in [0.4, 0.5) is 0 Å². The molecule has 2 fully saturated rings. The molecule has 9 nitrogen and oxygen atoms in total. The molecule has 1 unspecified atom stereocenters. The van der Waals surface area contributed by atoms with Gasteiger partial charge in [0.2, 0.25) is 0 Å². The van der Waals surface area contributed by atoms with E-state index < -0.39 is 44.8 Å². The van der Waals surface area contributed by atoms with Crippen LogP contribution in [0, 0.1) is 0 Å². The lowest BCUT2D eigenvalue weighted by atomic mass is 9.96. The summed E-state index contributed by atoms with van der Waals surface area (Å²) in [5, 5.41) is 9.78. The predicted octanol–water partition coefficient (Wildman–Crippen LogP) is -0.377. The molecule has 0 amide bonds. The molecular formula is C13H18NO8P. The van der Waals surface area contributed by atoms with Crippen molar-refractivity contribution in [2.75, 3.05) is 6.61 Å². The van der Waals surface area contributed by atoms with Crippen LogP contribution in [0.15, 0.2) is 30.3 Å². The van der Waals surface area contributed by atoms with Gasteiger partial charge in [-0.05, 0) is 0 Å². The summed E-state index contributed by atoms with van der Waals surface area (Å²) in [6, 6.07) is 7.88. The Bertz CT molecular complexity index is 581. The van der Waals surface area contributed by atoms with Crippen LogP contribution in [0.25, 0.3) is 0 Å². The molecule has 0 aliphatic carbocycles. The van der Waals surface area contributed by atoms with E-state index in [9.17, 15) is 9.67 Å². The normalized spacial score (nSPS) is 38.1. The zero-order chi connectivity index (χ0) is 16.6. The average Bonchev–Trinajstić information content (AvgIpc) is 2.51. The minimum atomic E-state index is -4.82. The zero-order valence-electron chi connectivity index (χ0n) is 12.0. The molecule has 0 spiro atoms. The van der Waals surface area contributed by atoms with Gasteiger partial charge >= 0.3 is 7.82 Å². The van der Waals surface area contributed by atoms with Crippen LogP contribution in [0.2, 0.25) is 0 Å². The predicted molar refractivity (Wildman–Crippen MR) is 75.8 cm³/mol. The van der Waals surface area contributed by atoms with Crippen molar-refractivity contribution in [1.82, 2.24) is 0 Å². The molecule has 1 aromatic rings. The number of fused-ring (bicyclic) bond motifs is 1. The lowest BCUT2D eigenvalue weighted by Crippen LogP contribution is -2.64. The van der Waals surface area contributed by atoms with E-state index in [1.54, 1.807) is 12.1 Å². The van der Waals surface area contributed by atoms with Crippen molar-refractivity contribution in [2.45, 2.75) is 36.9 Å². The first-order chi connectivity index (χ1) is 10.8. The largest absolute Gasteiger partial charge is 0.470 e. The molecule has 10 heteroatoms. The molecule has 128 valence electrons. The maximum Gasteiger partial charge on any atom is 0.470 e. The molecule has 0 saturated carbocycles. The summed E-state index contributed by atoms with van der Waals surface area (Å²) in [7, 11) is -4.82. The fourth-order valence-corrected chi connectivity index (χ4v) is 3.25. The van der Waals surface area contributed by atoms with Gasteiger partial charge in [-0.1, -0.05) is 30.3 Å². The third kappa shape index (κ3) is 3.80. The third-order valence-electron chi connectivity index (χ3n) is 3.74. The van der Waals surface area contributed by atoms with Crippen LogP contribution >= 0.6 is 7.82 Å². The van der Waals surface area contributed by atoms with Crippen molar-refractivity contribution < 1.29 is 38.2 Å². The summed E-state index contributed by atoms with van der Waals surface area (Å²) in [6.07, 6.45) is -5.05. The summed E-state index contributed by atoms with van der Waals surface area (Å²) in [4.78, 5) is 18.1. The molecular weight excluding hydrogens is 329 g/mol. The van der Waals surface area contributed by atoms with Crippen LogP contribution in [0.3, 0.4) is 0 Å². The Morgan fingerprint density at radius 2 is 1.91 bits per heavy atom. The van der Waals surface area contributed by atoms with E-state index in [0.717, 1.165) is 5.56 Å². The zero-order valence-corrected chi connectivity index (χ0v) is 12.9. The molecule has 1 aromatic carbocycles. The highest BCUT2D eigenvalue weighted by molar-refractivity contribution is 7.46. The second-order valence-corrected chi connectivity index (χ2v) is 6.57. The van der Waals surface area contributed by atoms with Gasteiger partial charge in [0.1, 0.15) is 18.3 Å². The Morgan fingerprint density at radius 3 is 2.57 bits per heavy atom. The summed E-state index contributed by atoms with van der Waals surface area (Å²) >= 11 is 0. The number of hydrogen-bond acceptors (Lipinski definition) is 7. The number of aliphatic hydroxyl groups excluding tert-OH is 1. The van der Waals surface area contributed by atoms with Gasteiger partial charge in [-0.2, -0.15) is 0 Å². The molecule has 2 aliphatic heterocycles. The lowest BCUT2D eigenvalue weighted by Gasteiger charge is -2.46. The highest BCUT2D eigenvalue weighted by atomic mass is 31.2. The van der Waals surface area contributed by atoms with Gasteiger partial charge < -0.3 is 34.8 Å². The van der Waals surface area contributed by atoms with E-state index in [2.05, 4.69) is 0 Å². The van der Waals surface area contributed by atoms with Gasteiger partial charge in [0, 0.05) is 5.56 Å². The van der Waals surface area contributed by atoms with Crippen LogP contribution in [-0.2, 0) is 23.3 Å². The van der Waals surface area contributed by atoms with Crippen LogP contribution in [-0.4, -0.2) is 52.1 Å². The molecule has 2 aliphatic rings. The molecule has 2 heterocycles. The smallest absolute Gasteiger partial charge is 0.367 e. The average molecular weight is 347 g/mol. The van der Waals surface area contributed by atoms with Gasteiger partial charge in [0.25, 0.3) is 0 Å². The Balaban J connectivity index is 1.82. The van der Waals surface area contributed by atoms with Crippen molar-refractivity contribution in [1.29, 1.82) is 0 Å². The fraction of sp³-hybridized carbons (Fsp3) is 0.538. The Kier molecular flexibility index (Phi) is 4.84. The maximum atomic E-state index is 11.2. The van der Waals surface area contributed by atoms with E-state index in [-0.39, 0.29) is 6.61 Å². The maximum absolute atomic E-state index is 11.2. The number of ether oxygens (including phenoxy) is 3. The second-order valence-electron chi connectivity index (χ2n) is 5.38. The van der Waals surface area contributed by atoms with E-state index in [0.29, 0.717) is 0 Å². The SMILES string of the molecule is N[C@@H]1[C@@H](OP(=O)(O)O)[C@@H]2OC(c3ccccc3)OC[C@H]2O[C@@H]1O. The highest BCUT2D eigenvalue weighted by Crippen LogP contribution is 2.43. The summed E-state index contributed by atoms with van der Waals surface area (Å²) in [5.74, 6) is 0. The van der Waals surface area contributed by atoms with E-state index >= 15 is 0 Å². The number of phosphoric ester groups is 1.